The Morgan fingerprint density at radius 1 is 0.839 bits per heavy atom. The molecule has 3 aromatic carbocycles. The van der Waals surface area contributed by atoms with Gasteiger partial charge in [0.25, 0.3) is 15.9 Å². The van der Waals surface area contributed by atoms with E-state index < -0.39 is 15.9 Å². The summed E-state index contributed by atoms with van der Waals surface area (Å²) >= 11 is 0. The smallest absolute Gasteiger partial charge is 0.262 e. The van der Waals surface area contributed by atoms with Gasteiger partial charge in [-0.25, -0.2) is 8.42 Å². The van der Waals surface area contributed by atoms with Crippen LogP contribution in [0.2, 0.25) is 0 Å². The van der Waals surface area contributed by atoms with Crippen molar-refractivity contribution in [2.75, 3.05) is 30.9 Å². The molecule has 0 saturated heterocycles. The first kappa shape index (κ1) is 22.0. The molecule has 0 fully saturated rings. The molecule has 0 atom stereocenters. The van der Waals surface area contributed by atoms with Gasteiger partial charge in [0.1, 0.15) is 17.2 Å². The molecule has 162 valence electrons. The molecular weight excluding hydrogens is 420 g/mol. The van der Waals surface area contributed by atoms with Crippen LogP contribution in [0.1, 0.15) is 0 Å². The van der Waals surface area contributed by atoms with Crippen molar-refractivity contribution in [3.8, 4) is 17.2 Å². The first-order valence-corrected chi connectivity index (χ1v) is 10.7. The zero-order chi connectivity index (χ0) is 22.3. The van der Waals surface area contributed by atoms with Crippen LogP contribution >= 0.6 is 0 Å². The van der Waals surface area contributed by atoms with Gasteiger partial charge in [-0.05, 0) is 42.5 Å². The number of para-hydroxylation sites is 3. The molecule has 0 aliphatic rings. The quantitative estimate of drug-likeness (QED) is 0.526. The van der Waals surface area contributed by atoms with E-state index in [0.29, 0.717) is 22.9 Å². The molecular formula is C22H22N2O6S. The molecule has 0 aliphatic carbocycles. The lowest BCUT2D eigenvalue weighted by molar-refractivity contribution is -0.118. The van der Waals surface area contributed by atoms with Crippen molar-refractivity contribution in [1.29, 1.82) is 0 Å². The Balaban J connectivity index is 1.78. The zero-order valence-corrected chi connectivity index (χ0v) is 17.8. The van der Waals surface area contributed by atoms with Gasteiger partial charge < -0.3 is 19.5 Å². The normalized spacial score (nSPS) is 10.8. The Morgan fingerprint density at radius 3 is 2.19 bits per heavy atom. The van der Waals surface area contributed by atoms with Crippen molar-refractivity contribution in [3.63, 3.8) is 0 Å². The Bertz CT molecular complexity index is 1150. The van der Waals surface area contributed by atoms with E-state index in [0.717, 1.165) is 0 Å². The molecule has 3 aromatic rings. The lowest BCUT2D eigenvalue weighted by atomic mass is 10.3. The topological polar surface area (TPSA) is 103 Å². The first-order chi connectivity index (χ1) is 14.9. The maximum Gasteiger partial charge on any atom is 0.262 e. The molecule has 2 N–H and O–H groups in total. The van der Waals surface area contributed by atoms with Crippen molar-refractivity contribution < 1.29 is 27.4 Å². The van der Waals surface area contributed by atoms with Gasteiger partial charge in [0.2, 0.25) is 0 Å². The monoisotopic (exact) mass is 442 g/mol. The van der Waals surface area contributed by atoms with Gasteiger partial charge >= 0.3 is 0 Å². The standard InChI is InChI=1S/C22H22N2O6S/c1-28-20-11-7-6-10-18(20)24-31(26,27)17-12-13-21(29-2)19(14-17)23-22(25)15-30-16-8-4-3-5-9-16/h3-14,24H,15H2,1-2H3,(H,23,25). The number of ether oxygens (including phenoxy) is 3. The third-order valence-electron chi connectivity index (χ3n) is 4.22. The molecule has 9 heteroatoms. The van der Waals surface area contributed by atoms with Gasteiger partial charge in [-0.15, -0.1) is 0 Å². The average molecular weight is 442 g/mol. The van der Waals surface area contributed by atoms with E-state index in [1.54, 1.807) is 48.5 Å². The third kappa shape index (κ3) is 5.67. The summed E-state index contributed by atoms with van der Waals surface area (Å²) in [5, 5.41) is 2.62. The maximum absolute atomic E-state index is 12.9. The number of hydrogen-bond acceptors (Lipinski definition) is 6. The number of nitrogens with one attached hydrogen (secondary N) is 2. The molecule has 0 spiro atoms. The summed E-state index contributed by atoms with van der Waals surface area (Å²) in [5.74, 6) is 0.770. The van der Waals surface area contributed by atoms with Crippen molar-refractivity contribution in [2.45, 2.75) is 4.90 Å². The Kier molecular flexibility index (Phi) is 6.99. The van der Waals surface area contributed by atoms with Gasteiger partial charge in [0, 0.05) is 0 Å². The summed E-state index contributed by atoms with van der Waals surface area (Å²) in [5.41, 5.74) is 0.495. The number of sulfonamides is 1. The fraction of sp³-hybridized carbons (Fsp3) is 0.136. The van der Waals surface area contributed by atoms with Crippen LogP contribution in [0.15, 0.2) is 77.7 Å². The summed E-state index contributed by atoms with van der Waals surface area (Å²) in [6.07, 6.45) is 0. The van der Waals surface area contributed by atoms with Gasteiger partial charge in [-0.1, -0.05) is 30.3 Å². The highest BCUT2D eigenvalue weighted by atomic mass is 32.2. The number of methoxy groups -OCH3 is 2. The fourth-order valence-corrected chi connectivity index (χ4v) is 3.83. The Morgan fingerprint density at radius 2 is 1.48 bits per heavy atom. The van der Waals surface area contributed by atoms with Crippen LogP contribution in [0.4, 0.5) is 11.4 Å². The minimum absolute atomic E-state index is 0.0570. The van der Waals surface area contributed by atoms with Crippen LogP contribution in [0.3, 0.4) is 0 Å². The van der Waals surface area contributed by atoms with E-state index >= 15 is 0 Å². The summed E-state index contributed by atoms with van der Waals surface area (Å²) in [7, 11) is -1.08. The van der Waals surface area contributed by atoms with E-state index in [9.17, 15) is 13.2 Å². The molecule has 0 bridgehead atoms. The van der Waals surface area contributed by atoms with E-state index in [2.05, 4.69) is 10.0 Å². The van der Waals surface area contributed by atoms with Gasteiger partial charge in [0.05, 0.1) is 30.5 Å². The molecule has 0 saturated carbocycles. The number of anilines is 2. The molecule has 0 radical (unpaired) electrons. The lowest BCUT2D eigenvalue weighted by Gasteiger charge is -2.15. The second-order valence-electron chi connectivity index (χ2n) is 6.32. The van der Waals surface area contributed by atoms with Crippen LogP contribution < -0.4 is 24.2 Å². The van der Waals surface area contributed by atoms with Crippen molar-refractivity contribution in [3.05, 3.63) is 72.8 Å². The molecule has 1 amide bonds. The fourth-order valence-electron chi connectivity index (χ4n) is 2.74. The molecule has 0 heterocycles. The predicted octanol–water partition coefficient (Wildman–Crippen LogP) is 3.52. The lowest BCUT2D eigenvalue weighted by Crippen LogP contribution is -2.21. The van der Waals surface area contributed by atoms with Gasteiger partial charge in [-0.2, -0.15) is 0 Å². The molecule has 31 heavy (non-hydrogen) atoms. The average Bonchev–Trinajstić information content (AvgIpc) is 2.78. The van der Waals surface area contributed by atoms with Crippen LogP contribution in [0.5, 0.6) is 17.2 Å². The van der Waals surface area contributed by atoms with Gasteiger partial charge in [0.15, 0.2) is 6.61 Å². The van der Waals surface area contributed by atoms with Crippen LogP contribution in [0.25, 0.3) is 0 Å². The SMILES string of the molecule is COc1ccc(S(=O)(=O)Nc2ccccc2OC)cc1NC(=O)COc1ccccc1. The summed E-state index contributed by atoms with van der Waals surface area (Å²) in [6, 6.07) is 19.7. The Hall–Kier alpha value is -3.72. The highest BCUT2D eigenvalue weighted by Crippen LogP contribution is 2.30. The van der Waals surface area contributed by atoms with Crippen LogP contribution in [0, 0.1) is 0 Å². The van der Waals surface area contributed by atoms with Crippen molar-refractivity contribution >= 4 is 27.3 Å². The number of carbonyl (C=O) groups excluding carboxylic acids is 1. The summed E-state index contributed by atoms with van der Waals surface area (Å²) in [4.78, 5) is 12.3. The summed E-state index contributed by atoms with van der Waals surface area (Å²) < 4.78 is 44.1. The first-order valence-electron chi connectivity index (χ1n) is 9.24. The molecule has 8 nitrogen and oxygen atoms in total. The number of benzene rings is 3. The third-order valence-corrected chi connectivity index (χ3v) is 5.58. The van der Waals surface area contributed by atoms with E-state index in [1.165, 1.54) is 32.4 Å². The minimum atomic E-state index is -3.95. The maximum atomic E-state index is 12.9. The molecule has 0 aliphatic heterocycles. The van der Waals surface area contributed by atoms with Crippen molar-refractivity contribution in [2.24, 2.45) is 0 Å². The molecule has 0 unspecified atom stereocenters. The van der Waals surface area contributed by atoms with Crippen LogP contribution in [-0.4, -0.2) is 35.2 Å². The predicted molar refractivity (Wildman–Crippen MR) is 117 cm³/mol. The second kappa shape index (κ2) is 9.86. The molecule has 3 rings (SSSR count). The number of amides is 1. The highest BCUT2D eigenvalue weighted by molar-refractivity contribution is 7.92. The van der Waals surface area contributed by atoms with E-state index in [-0.39, 0.29) is 17.2 Å². The Labute approximate surface area is 180 Å². The zero-order valence-electron chi connectivity index (χ0n) is 17.0. The number of carbonyl (C=O) groups is 1. The molecule has 0 aromatic heterocycles. The second-order valence-corrected chi connectivity index (χ2v) is 8.00. The van der Waals surface area contributed by atoms with Crippen molar-refractivity contribution in [1.82, 2.24) is 0 Å². The van der Waals surface area contributed by atoms with Gasteiger partial charge in [-0.3, -0.25) is 9.52 Å². The van der Waals surface area contributed by atoms with E-state index in [4.69, 9.17) is 14.2 Å². The largest absolute Gasteiger partial charge is 0.495 e. The highest BCUT2D eigenvalue weighted by Gasteiger charge is 2.19. The number of rotatable bonds is 9. The number of hydrogen-bond donors (Lipinski definition) is 2. The van der Waals surface area contributed by atoms with E-state index in [1.807, 2.05) is 6.07 Å². The minimum Gasteiger partial charge on any atom is -0.495 e. The summed E-state index contributed by atoms with van der Waals surface area (Å²) in [6.45, 7) is -0.246. The van der Waals surface area contributed by atoms with Crippen LogP contribution in [-0.2, 0) is 14.8 Å².